The Bertz CT molecular complexity index is 419. The zero-order valence-corrected chi connectivity index (χ0v) is 15.5. The van der Waals surface area contributed by atoms with E-state index >= 15 is 0 Å². The van der Waals surface area contributed by atoms with Crippen molar-refractivity contribution in [2.45, 2.75) is 77.6 Å². The second-order valence-electron chi connectivity index (χ2n) is 7.50. The lowest BCUT2D eigenvalue weighted by Gasteiger charge is -2.45. The maximum absolute atomic E-state index is 10.6. The standard InChI is InChI=1S/C18H32OSi/c1-13(2)20(14(3)4,15(5)6)17-12-10-9-11-16(17)18(7,8)19/h9-15,19H,1-8H3. The molecule has 1 nitrogen and oxygen atoms in total. The summed E-state index contributed by atoms with van der Waals surface area (Å²) in [6.07, 6.45) is 0. The molecule has 1 N–H and O–H groups in total. The van der Waals surface area contributed by atoms with E-state index in [1.165, 1.54) is 5.19 Å². The highest BCUT2D eigenvalue weighted by atomic mass is 28.3. The van der Waals surface area contributed by atoms with Gasteiger partial charge in [-0.15, -0.1) is 0 Å². The summed E-state index contributed by atoms with van der Waals surface area (Å²) in [5.41, 5.74) is 2.33. The third kappa shape index (κ3) is 2.87. The molecule has 1 aromatic rings. The van der Waals surface area contributed by atoms with E-state index in [-0.39, 0.29) is 0 Å². The van der Waals surface area contributed by atoms with Gasteiger partial charge in [0.05, 0.1) is 13.7 Å². The zero-order chi connectivity index (χ0) is 15.7. The van der Waals surface area contributed by atoms with Crippen molar-refractivity contribution in [2.24, 2.45) is 0 Å². The minimum atomic E-state index is -1.72. The minimum Gasteiger partial charge on any atom is -0.386 e. The van der Waals surface area contributed by atoms with E-state index in [0.29, 0.717) is 16.6 Å². The molecule has 0 saturated heterocycles. The molecule has 1 rings (SSSR count). The van der Waals surface area contributed by atoms with E-state index in [9.17, 15) is 5.11 Å². The predicted octanol–water partition coefficient (Wildman–Crippen LogP) is 4.80. The van der Waals surface area contributed by atoms with Crippen LogP contribution in [0.1, 0.15) is 61.0 Å². The lowest BCUT2D eigenvalue weighted by Crippen LogP contribution is -2.58. The molecule has 0 saturated carbocycles. The Morgan fingerprint density at radius 1 is 0.850 bits per heavy atom. The lowest BCUT2D eigenvalue weighted by atomic mass is 9.98. The third-order valence-corrected chi connectivity index (χ3v) is 12.0. The first kappa shape index (κ1) is 17.4. The summed E-state index contributed by atoms with van der Waals surface area (Å²) in [5.74, 6) is 0. The van der Waals surface area contributed by atoms with Gasteiger partial charge in [-0.25, -0.2) is 0 Å². The van der Waals surface area contributed by atoms with Gasteiger partial charge in [0.25, 0.3) is 0 Å². The van der Waals surface area contributed by atoms with Crippen LogP contribution < -0.4 is 5.19 Å². The fraction of sp³-hybridized carbons (Fsp3) is 0.667. The highest BCUT2D eigenvalue weighted by Gasteiger charge is 2.46. The molecule has 0 radical (unpaired) electrons. The monoisotopic (exact) mass is 292 g/mol. The highest BCUT2D eigenvalue weighted by Crippen LogP contribution is 2.42. The van der Waals surface area contributed by atoms with Gasteiger partial charge < -0.3 is 5.11 Å². The molecule has 2 heteroatoms. The Kier molecular flexibility index (Phi) is 5.26. The van der Waals surface area contributed by atoms with Gasteiger partial charge in [0, 0.05) is 0 Å². The maximum atomic E-state index is 10.6. The van der Waals surface area contributed by atoms with Crippen molar-refractivity contribution in [3.8, 4) is 0 Å². The summed E-state index contributed by atoms with van der Waals surface area (Å²) in [4.78, 5) is 0. The molecular weight excluding hydrogens is 260 g/mol. The first-order valence-corrected chi connectivity index (χ1v) is 10.1. The molecule has 0 aliphatic rings. The van der Waals surface area contributed by atoms with Crippen LogP contribution in [-0.4, -0.2) is 13.2 Å². The second kappa shape index (κ2) is 6.03. The van der Waals surface area contributed by atoms with Crippen molar-refractivity contribution in [1.82, 2.24) is 0 Å². The van der Waals surface area contributed by atoms with Crippen LogP contribution in [0, 0.1) is 0 Å². The third-order valence-electron chi connectivity index (χ3n) is 4.92. The molecule has 114 valence electrons. The summed E-state index contributed by atoms with van der Waals surface area (Å²) in [7, 11) is -1.72. The van der Waals surface area contributed by atoms with Crippen molar-refractivity contribution >= 4 is 13.3 Å². The number of aliphatic hydroxyl groups is 1. The normalized spacial score (nSPS) is 13.6. The van der Waals surface area contributed by atoms with Gasteiger partial charge in [0.2, 0.25) is 0 Å². The molecule has 0 fully saturated rings. The number of hydrogen-bond donors (Lipinski definition) is 1. The van der Waals surface area contributed by atoms with E-state index in [0.717, 1.165) is 5.56 Å². The van der Waals surface area contributed by atoms with Gasteiger partial charge in [-0.2, -0.15) is 0 Å². The summed E-state index contributed by atoms with van der Waals surface area (Å²) >= 11 is 0. The van der Waals surface area contributed by atoms with Gasteiger partial charge in [-0.3, -0.25) is 0 Å². The van der Waals surface area contributed by atoms with Gasteiger partial charge in [0.1, 0.15) is 0 Å². The fourth-order valence-corrected chi connectivity index (χ4v) is 11.4. The highest BCUT2D eigenvalue weighted by molar-refractivity contribution is 6.95. The Morgan fingerprint density at radius 3 is 1.60 bits per heavy atom. The molecule has 1 aromatic carbocycles. The molecule has 0 aliphatic heterocycles. The lowest BCUT2D eigenvalue weighted by molar-refractivity contribution is 0.0795. The van der Waals surface area contributed by atoms with Crippen molar-refractivity contribution < 1.29 is 5.11 Å². The van der Waals surface area contributed by atoms with Crippen LogP contribution in [0.5, 0.6) is 0 Å². The van der Waals surface area contributed by atoms with E-state index in [2.05, 4.69) is 65.8 Å². The summed E-state index contributed by atoms with van der Waals surface area (Å²) in [6, 6.07) is 8.58. The Balaban J connectivity index is 3.67. The predicted molar refractivity (Wildman–Crippen MR) is 92.4 cm³/mol. The Hall–Kier alpha value is -0.603. The van der Waals surface area contributed by atoms with Crippen LogP contribution in [-0.2, 0) is 5.60 Å². The van der Waals surface area contributed by atoms with Crippen LogP contribution >= 0.6 is 0 Å². The molecule has 20 heavy (non-hydrogen) atoms. The first-order valence-electron chi connectivity index (χ1n) is 7.88. The smallest absolute Gasteiger partial charge is 0.0947 e. The van der Waals surface area contributed by atoms with Gasteiger partial charge in [-0.05, 0) is 36.0 Å². The minimum absolute atomic E-state index is 0.658. The van der Waals surface area contributed by atoms with Crippen LogP contribution in [0.2, 0.25) is 16.6 Å². The van der Waals surface area contributed by atoms with Crippen LogP contribution in [0.3, 0.4) is 0 Å². The van der Waals surface area contributed by atoms with E-state index < -0.39 is 13.7 Å². The molecule has 0 bridgehead atoms. The molecule has 0 heterocycles. The van der Waals surface area contributed by atoms with Crippen molar-refractivity contribution in [1.29, 1.82) is 0 Å². The van der Waals surface area contributed by atoms with E-state index in [1.54, 1.807) is 0 Å². The summed E-state index contributed by atoms with van der Waals surface area (Å²) < 4.78 is 0. The average Bonchev–Trinajstić information content (AvgIpc) is 2.27. The number of hydrogen-bond acceptors (Lipinski definition) is 1. The number of benzene rings is 1. The second-order valence-corrected chi connectivity index (χ2v) is 13.4. The topological polar surface area (TPSA) is 20.2 Å². The fourth-order valence-electron chi connectivity index (χ4n) is 4.33. The molecule has 0 atom stereocenters. The van der Waals surface area contributed by atoms with Gasteiger partial charge >= 0.3 is 0 Å². The number of rotatable bonds is 5. The largest absolute Gasteiger partial charge is 0.386 e. The van der Waals surface area contributed by atoms with Crippen molar-refractivity contribution in [3.63, 3.8) is 0 Å². The van der Waals surface area contributed by atoms with Crippen molar-refractivity contribution in [2.75, 3.05) is 0 Å². The molecular formula is C18H32OSi. The molecule has 0 unspecified atom stereocenters. The molecule has 0 aromatic heterocycles. The summed E-state index contributed by atoms with van der Waals surface area (Å²) in [5, 5.41) is 12.1. The van der Waals surface area contributed by atoms with Crippen LogP contribution in [0.25, 0.3) is 0 Å². The molecule has 0 spiro atoms. The van der Waals surface area contributed by atoms with Gasteiger partial charge in [-0.1, -0.05) is 71.0 Å². The molecule has 0 aliphatic carbocycles. The first-order chi connectivity index (χ1) is 9.06. The van der Waals surface area contributed by atoms with Crippen LogP contribution in [0.4, 0.5) is 0 Å². The van der Waals surface area contributed by atoms with E-state index in [1.807, 2.05) is 13.8 Å². The maximum Gasteiger partial charge on any atom is 0.0947 e. The Morgan fingerprint density at radius 2 is 1.25 bits per heavy atom. The Labute approximate surface area is 126 Å². The zero-order valence-electron chi connectivity index (χ0n) is 14.5. The summed E-state index contributed by atoms with van der Waals surface area (Å²) in [6.45, 7) is 18.0. The SMILES string of the molecule is CC(C)[Si](c1ccccc1C(C)(C)O)(C(C)C)C(C)C. The van der Waals surface area contributed by atoms with Gasteiger partial charge in [0.15, 0.2) is 0 Å². The van der Waals surface area contributed by atoms with Crippen molar-refractivity contribution in [3.05, 3.63) is 29.8 Å². The molecule has 0 amide bonds. The van der Waals surface area contributed by atoms with Crippen LogP contribution in [0.15, 0.2) is 24.3 Å². The van der Waals surface area contributed by atoms with E-state index in [4.69, 9.17) is 0 Å². The average molecular weight is 293 g/mol. The quantitative estimate of drug-likeness (QED) is 0.773.